The highest BCUT2D eigenvalue weighted by molar-refractivity contribution is 7.99. The van der Waals surface area contributed by atoms with E-state index in [4.69, 9.17) is 18.9 Å². The molecule has 6 nitrogen and oxygen atoms in total. The number of fused-ring (bicyclic) bond motifs is 1. The molecule has 0 aliphatic heterocycles. The van der Waals surface area contributed by atoms with Gasteiger partial charge in [0.15, 0.2) is 0 Å². The van der Waals surface area contributed by atoms with Crippen LogP contribution < -0.4 is 9.47 Å². The summed E-state index contributed by atoms with van der Waals surface area (Å²) in [5.74, 6) is 1.43. The summed E-state index contributed by atoms with van der Waals surface area (Å²) in [6, 6.07) is 20.3. The first-order valence-corrected chi connectivity index (χ1v) is 28.0. The molecule has 3 aromatic carbocycles. The minimum atomic E-state index is -0.707. The molecule has 0 radical (unpaired) electrons. The Morgan fingerprint density at radius 1 is 0.415 bits per heavy atom. The largest absolute Gasteiger partial charge is 0.491 e. The molecule has 0 saturated heterocycles. The van der Waals surface area contributed by atoms with Gasteiger partial charge in [-0.05, 0) is 60.0 Å². The van der Waals surface area contributed by atoms with Crippen molar-refractivity contribution in [2.45, 2.75) is 241 Å². The van der Waals surface area contributed by atoms with Gasteiger partial charge in [0, 0.05) is 18.1 Å². The lowest BCUT2D eigenvalue weighted by Crippen LogP contribution is -2.24. The van der Waals surface area contributed by atoms with Gasteiger partial charge in [-0.2, -0.15) is 0 Å². The molecule has 3 aromatic rings. The Labute approximate surface area is 403 Å². The molecule has 2 atom stereocenters. The SMILES string of the molecule is CCCCCCCCCCCCCCCCCCOCC(O)COc1ccc2c(Sc3ccccc3)c(OCC(O)COCCCCCCCCCCCCCCCCCC)ccc2c1. The number of hydrogen-bond acceptors (Lipinski definition) is 7. The summed E-state index contributed by atoms with van der Waals surface area (Å²) in [5, 5.41) is 23.4. The zero-order valence-corrected chi connectivity index (χ0v) is 42.6. The van der Waals surface area contributed by atoms with Crippen LogP contribution in [0.4, 0.5) is 0 Å². The second-order valence-electron chi connectivity index (χ2n) is 18.9. The summed E-state index contributed by atoms with van der Waals surface area (Å²) in [4.78, 5) is 2.10. The van der Waals surface area contributed by atoms with Crippen LogP contribution in [0.5, 0.6) is 11.5 Å². The first-order valence-electron chi connectivity index (χ1n) is 27.2. The van der Waals surface area contributed by atoms with Crippen LogP contribution in [0.3, 0.4) is 0 Å². The molecule has 65 heavy (non-hydrogen) atoms. The second-order valence-corrected chi connectivity index (χ2v) is 20.0. The van der Waals surface area contributed by atoms with Crippen molar-refractivity contribution in [2.24, 2.45) is 0 Å². The third-order valence-corrected chi connectivity index (χ3v) is 13.8. The average Bonchev–Trinajstić information content (AvgIpc) is 3.32. The van der Waals surface area contributed by atoms with E-state index in [1.807, 2.05) is 42.5 Å². The quantitative estimate of drug-likeness (QED) is 0.0547. The van der Waals surface area contributed by atoms with Crippen LogP contribution in [0.25, 0.3) is 10.8 Å². The molecule has 0 aliphatic rings. The van der Waals surface area contributed by atoms with Crippen molar-refractivity contribution in [3.05, 3.63) is 60.7 Å². The Hall–Kier alpha value is -2.29. The number of hydrogen-bond donors (Lipinski definition) is 2. The van der Waals surface area contributed by atoms with E-state index in [1.54, 1.807) is 11.8 Å². The van der Waals surface area contributed by atoms with Gasteiger partial charge >= 0.3 is 0 Å². The van der Waals surface area contributed by atoms with Crippen molar-refractivity contribution in [2.75, 3.05) is 39.6 Å². The number of unbranched alkanes of at least 4 members (excludes halogenated alkanes) is 30. The lowest BCUT2D eigenvalue weighted by molar-refractivity contribution is 0.0105. The fraction of sp³-hybridized carbons (Fsp3) is 0.724. The molecule has 0 aromatic heterocycles. The molecule has 3 rings (SSSR count). The van der Waals surface area contributed by atoms with E-state index in [9.17, 15) is 10.2 Å². The average molecular weight is 921 g/mol. The molecule has 2 N–H and O–H groups in total. The van der Waals surface area contributed by atoms with Crippen LogP contribution in [-0.2, 0) is 9.47 Å². The van der Waals surface area contributed by atoms with Crippen molar-refractivity contribution >= 4 is 22.5 Å². The van der Waals surface area contributed by atoms with E-state index >= 15 is 0 Å². The van der Waals surface area contributed by atoms with Crippen LogP contribution in [-0.4, -0.2) is 62.1 Å². The van der Waals surface area contributed by atoms with Gasteiger partial charge in [-0.15, -0.1) is 0 Å². The van der Waals surface area contributed by atoms with Crippen molar-refractivity contribution in [1.29, 1.82) is 0 Å². The van der Waals surface area contributed by atoms with Crippen molar-refractivity contribution in [3.63, 3.8) is 0 Å². The van der Waals surface area contributed by atoms with E-state index in [2.05, 4.69) is 32.0 Å². The highest BCUT2D eigenvalue weighted by Gasteiger charge is 2.15. The first kappa shape index (κ1) is 57.0. The Balaban J connectivity index is 1.25. The van der Waals surface area contributed by atoms with Gasteiger partial charge in [-0.3, -0.25) is 0 Å². The second kappa shape index (κ2) is 40.7. The van der Waals surface area contributed by atoms with E-state index in [0.29, 0.717) is 19.0 Å². The van der Waals surface area contributed by atoms with Crippen molar-refractivity contribution in [3.8, 4) is 11.5 Å². The molecule has 370 valence electrons. The number of rotatable bonds is 46. The molecular weight excluding hydrogens is 825 g/mol. The smallest absolute Gasteiger partial charge is 0.134 e. The fourth-order valence-corrected chi connectivity index (χ4v) is 9.64. The van der Waals surface area contributed by atoms with Crippen LogP contribution in [0, 0.1) is 0 Å². The van der Waals surface area contributed by atoms with Crippen LogP contribution >= 0.6 is 11.8 Å². The maximum absolute atomic E-state index is 10.8. The predicted octanol–water partition coefficient (Wildman–Crippen LogP) is 17.0. The maximum atomic E-state index is 10.8. The maximum Gasteiger partial charge on any atom is 0.134 e. The minimum Gasteiger partial charge on any atom is -0.491 e. The lowest BCUT2D eigenvalue weighted by atomic mass is 10.0. The summed E-state index contributed by atoms with van der Waals surface area (Å²) in [7, 11) is 0. The van der Waals surface area contributed by atoms with Gasteiger partial charge in [-0.1, -0.05) is 242 Å². The van der Waals surface area contributed by atoms with Crippen molar-refractivity contribution in [1.82, 2.24) is 0 Å². The molecule has 0 saturated carbocycles. The van der Waals surface area contributed by atoms with Gasteiger partial charge in [0.25, 0.3) is 0 Å². The summed E-state index contributed by atoms with van der Waals surface area (Å²) in [6.45, 7) is 6.82. The molecule has 0 bridgehead atoms. The Bertz CT molecular complexity index is 1500. The molecule has 0 spiro atoms. The summed E-state index contributed by atoms with van der Waals surface area (Å²) < 4.78 is 23.9. The molecule has 0 heterocycles. The minimum absolute atomic E-state index is 0.160. The summed E-state index contributed by atoms with van der Waals surface area (Å²) in [6.07, 6.45) is 41.9. The number of benzene rings is 3. The number of ether oxygens (including phenoxy) is 4. The summed E-state index contributed by atoms with van der Waals surface area (Å²) in [5.41, 5.74) is 0. The Kier molecular flexibility index (Phi) is 35.8. The van der Waals surface area contributed by atoms with Crippen molar-refractivity contribution < 1.29 is 29.2 Å². The highest BCUT2D eigenvalue weighted by atomic mass is 32.2. The fourth-order valence-electron chi connectivity index (χ4n) is 8.59. The topological polar surface area (TPSA) is 77.4 Å². The molecule has 2 unspecified atom stereocenters. The first-order chi connectivity index (χ1) is 32.1. The molecule has 7 heteroatoms. The molecule has 0 amide bonds. The van der Waals surface area contributed by atoms with E-state index < -0.39 is 12.2 Å². The number of aliphatic hydroxyl groups excluding tert-OH is 2. The van der Waals surface area contributed by atoms with Crippen LogP contribution in [0.2, 0.25) is 0 Å². The van der Waals surface area contributed by atoms with E-state index in [-0.39, 0.29) is 26.4 Å². The third-order valence-electron chi connectivity index (χ3n) is 12.6. The normalized spacial score (nSPS) is 12.6. The van der Waals surface area contributed by atoms with E-state index in [0.717, 1.165) is 39.2 Å². The van der Waals surface area contributed by atoms with Gasteiger partial charge in [0.2, 0.25) is 0 Å². The van der Waals surface area contributed by atoms with Crippen LogP contribution in [0.15, 0.2) is 70.5 Å². The molecule has 0 fully saturated rings. The predicted molar refractivity (Wildman–Crippen MR) is 278 cm³/mol. The van der Waals surface area contributed by atoms with Gasteiger partial charge < -0.3 is 29.2 Å². The highest BCUT2D eigenvalue weighted by Crippen LogP contribution is 2.41. The zero-order valence-electron chi connectivity index (χ0n) is 41.7. The molecular formula is C58H96O6S. The van der Waals surface area contributed by atoms with E-state index in [1.165, 1.54) is 193 Å². The van der Waals surface area contributed by atoms with Gasteiger partial charge in [0.05, 0.1) is 18.1 Å². The Morgan fingerprint density at radius 2 is 0.815 bits per heavy atom. The van der Waals surface area contributed by atoms with Crippen LogP contribution in [0.1, 0.15) is 219 Å². The monoisotopic (exact) mass is 921 g/mol. The number of aliphatic hydroxyl groups is 2. The van der Waals surface area contributed by atoms with Gasteiger partial charge in [0.1, 0.15) is 36.9 Å². The lowest BCUT2D eigenvalue weighted by Gasteiger charge is -2.18. The molecule has 0 aliphatic carbocycles. The standard InChI is InChI=1S/C58H96O6S/c1-3-5-7-9-11-13-15-17-19-21-23-25-27-29-31-36-44-61-47-52(59)49-63-54-41-42-56-51(46-54)40-43-57(58(56)65-55-38-34-33-35-39-55)64-50-53(60)48-62-45-37-32-30-28-26-24-22-20-18-16-14-12-10-8-6-4-2/h33-35,38-43,46,52-53,59-60H,3-32,36-37,44-45,47-50H2,1-2H3. The summed E-state index contributed by atoms with van der Waals surface area (Å²) >= 11 is 1.65. The van der Waals surface area contributed by atoms with Gasteiger partial charge in [-0.25, -0.2) is 0 Å². The Morgan fingerprint density at radius 3 is 1.25 bits per heavy atom. The zero-order chi connectivity index (χ0) is 46.1. The third kappa shape index (κ3) is 29.9.